The first-order valence-corrected chi connectivity index (χ1v) is 10.7. The Labute approximate surface area is 214 Å². The number of hydrogen-bond acceptors (Lipinski definition) is 7. The van der Waals surface area contributed by atoms with E-state index in [1.807, 2.05) is 0 Å². The molecule has 0 bridgehead atoms. The molecule has 3 aromatic carbocycles. The van der Waals surface area contributed by atoms with E-state index in [2.05, 4.69) is 9.73 Å². The van der Waals surface area contributed by atoms with Crippen LogP contribution >= 0.6 is 23.2 Å². The molecule has 0 saturated heterocycles. The van der Waals surface area contributed by atoms with Gasteiger partial charge in [-0.25, -0.2) is 9.18 Å². The molecule has 12 heteroatoms. The highest BCUT2D eigenvalue weighted by Gasteiger charge is 2.14. The van der Waals surface area contributed by atoms with E-state index in [-0.39, 0.29) is 33.5 Å². The van der Waals surface area contributed by atoms with Gasteiger partial charge in [0, 0.05) is 11.8 Å². The lowest BCUT2D eigenvalue weighted by atomic mass is 10.2. The topological polar surface area (TPSA) is 178 Å². The van der Waals surface area contributed by atoms with Crippen molar-refractivity contribution in [3.05, 3.63) is 100 Å². The fourth-order valence-electron chi connectivity index (χ4n) is 2.46. The number of phenolic OH excluding ortho intramolecular Hbond substituents is 1. The summed E-state index contributed by atoms with van der Waals surface area (Å²) in [6.45, 7) is 0. The molecule has 0 aliphatic rings. The average molecular weight is 535 g/mol. The number of hydrogen-bond donors (Lipinski definition) is 6. The molecule has 9 N–H and O–H groups in total. The number of halogens is 3. The number of nitrogens with two attached hydrogens (primary N) is 3. The first kappa shape index (κ1) is 27.8. The maximum atomic E-state index is 13.4. The van der Waals surface area contributed by atoms with Gasteiger partial charge in [-0.3, -0.25) is 4.79 Å². The predicted molar refractivity (Wildman–Crippen MR) is 138 cm³/mol. The van der Waals surface area contributed by atoms with E-state index in [4.69, 9.17) is 45.5 Å². The van der Waals surface area contributed by atoms with E-state index in [1.165, 1.54) is 54.8 Å². The summed E-state index contributed by atoms with van der Waals surface area (Å²) in [7, 11) is 0. The maximum Gasteiger partial charge on any atom is 0.371 e. The second kappa shape index (κ2) is 12.9. The molecule has 0 aliphatic heterocycles. The summed E-state index contributed by atoms with van der Waals surface area (Å²) in [5, 5.41) is 20.9. The monoisotopic (exact) mass is 534 g/mol. The minimum atomic E-state index is -1.03. The summed E-state index contributed by atoms with van der Waals surface area (Å²) in [5.74, 6) is -2.64. The summed E-state index contributed by atoms with van der Waals surface area (Å²) in [5.41, 5.74) is 17.6. The number of phenols is 1. The van der Waals surface area contributed by atoms with Gasteiger partial charge in [-0.2, -0.15) is 0 Å². The number of carbonyl (C=O) groups excluding carboxylic acids is 1. The molecule has 1 amide bonds. The summed E-state index contributed by atoms with van der Waals surface area (Å²) >= 11 is 11.4. The highest BCUT2D eigenvalue weighted by atomic mass is 35.5. The lowest BCUT2D eigenvalue weighted by Crippen LogP contribution is -2.13. The molecule has 9 nitrogen and oxygen atoms in total. The zero-order valence-electron chi connectivity index (χ0n) is 18.4. The number of aromatic hydroxyl groups is 1. The molecule has 0 aliphatic carbocycles. The largest absolute Gasteiger partial charge is 0.506 e. The van der Waals surface area contributed by atoms with Gasteiger partial charge in [-0.1, -0.05) is 35.3 Å². The van der Waals surface area contributed by atoms with Crippen LogP contribution in [0.1, 0.15) is 20.9 Å². The Balaban J connectivity index is 0.000000221. The number of anilines is 4. The zero-order valence-corrected chi connectivity index (χ0v) is 19.9. The Morgan fingerprint density at radius 3 is 2.08 bits per heavy atom. The van der Waals surface area contributed by atoms with Gasteiger partial charge in [0.1, 0.15) is 11.6 Å². The first-order valence-electron chi connectivity index (χ1n) is 9.90. The molecule has 1 aromatic heterocycles. The van der Waals surface area contributed by atoms with Gasteiger partial charge < -0.3 is 37.1 Å². The van der Waals surface area contributed by atoms with Crippen molar-refractivity contribution in [1.82, 2.24) is 0 Å². The number of benzene rings is 3. The van der Waals surface area contributed by atoms with E-state index in [0.29, 0.717) is 16.4 Å². The van der Waals surface area contributed by atoms with Crippen molar-refractivity contribution in [2.45, 2.75) is 0 Å². The quantitative estimate of drug-likeness (QED) is 0.147. The second-order valence-corrected chi connectivity index (χ2v) is 7.70. The van der Waals surface area contributed by atoms with Crippen molar-refractivity contribution in [2.75, 3.05) is 22.5 Å². The number of rotatable bonds is 3. The van der Waals surface area contributed by atoms with Crippen LogP contribution in [0.2, 0.25) is 10.0 Å². The van der Waals surface area contributed by atoms with Crippen molar-refractivity contribution in [3.63, 3.8) is 0 Å². The van der Waals surface area contributed by atoms with Gasteiger partial charge in [0.2, 0.25) is 5.76 Å². The number of amides is 1. The average Bonchev–Trinajstić information content (AvgIpc) is 3.37. The molecule has 36 heavy (non-hydrogen) atoms. The zero-order chi connectivity index (χ0) is 26.8. The summed E-state index contributed by atoms with van der Waals surface area (Å²) in [6.07, 6.45) is 1.32. The van der Waals surface area contributed by atoms with Crippen LogP contribution in [0.3, 0.4) is 0 Å². The van der Waals surface area contributed by atoms with E-state index in [9.17, 15) is 19.1 Å². The number of nitrogens with one attached hydrogen (secondary N) is 1. The van der Waals surface area contributed by atoms with E-state index in [0.717, 1.165) is 0 Å². The Kier molecular flexibility index (Phi) is 9.96. The van der Waals surface area contributed by atoms with Crippen molar-refractivity contribution >= 4 is 57.8 Å². The van der Waals surface area contributed by atoms with Gasteiger partial charge in [-0.15, -0.1) is 0 Å². The SMILES string of the molecule is Nc1cc(O)c(NC(=O)c2ccccc2F)cc1Cl.Nc1ccc(N)c(Cl)c1.O=C(O)c1ccco1. The molecule has 0 saturated carbocycles. The minimum absolute atomic E-state index is 0.0231. The van der Waals surface area contributed by atoms with Gasteiger partial charge >= 0.3 is 5.97 Å². The van der Waals surface area contributed by atoms with Gasteiger partial charge in [-0.05, 0) is 48.5 Å². The highest BCUT2D eigenvalue weighted by Crippen LogP contribution is 2.32. The molecule has 0 unspecified atom stereocenters. The number of nitrogen functional groups attached to an aromatic ring is 3. The molecule has 4 aromatic rings. The third-order valence-corrected chi connectivity index (χ3v) is 4.89. The first-order chi connectivity index (χ1) is 17.0. The number of carboxylic acids is 1. The molecular formula is C24H21Cl2FN4O5. The second-order valence-electron chi connectivity index (χ2n) is 6.89. The number of furan rings is 1. The predicted octanol–water partition coefficient (Wildman–Crippen LogP) is 5.50. The molecule has 188 valence electrons. The summed E-state index contributed by atoms with van der Waals surface area (Å²) < 4.78 is 17.9. The molecule has 1 heterocycles. The Bertz CT molecular complexity index is 1350. The molecule has 0 atom stereocenters. The minimum Gasteiger partial charge on any atom is -0.506 e. The maximum absolute atomic E-state index is 13.4. The van der Waals surface area contributed by atoms with Crippen LogP contribution in [0.25, 0.3) is 0 Å². The van der Waals surface area contributed by atoms with E-state index < -0.39 is 17.7 Å². The highest BCUT2D eigenvalue weighted by molar-refractivity contribution is 6.33. The number of aromatic carboxylic acids is 1. The van der Waals surface area contributed by atoms with Crippen LogP contribution in [0.5, 0.6) is 5.75 Å². The van der Waals surface area contributed by atoms with E-state index >= 15 is 0 Å². The molecule has 4 rings (SSSR count). The number of carbonyl (C=O) groups is 2. The fourth-order valence-corrected chi connectivity index (χ4v) is 2.81. The van der Waals surface area contributed by atoms with Crippen LogP contribution in [-0.2, 0) is 0 Å². The summed E-state index contributed by atoms with van der Waals surface area (Å²) in [4.78, 5) is 21.8. The molecule has 0 radical (unpaired) electrons. The fraction of sp³-hybridized carbons (Fsp3) is 0. The Morgan fingerprint density at radius 2 is 1.56 bits per heavy atom. The van der Waals surface area contributed by atoms with E-state index in [1.54, 1.807) is 18.2 Å². The standard InChI is InChI=1S/C13H10ClFN2O2.C6H7ClN2.C5H4O3/c14-8-5-11(12(18)6-10(8)16)17-13(19)7-3-1-2-4-9(7)15;7-5-3-4(8)1-2-6(5)9;6-5(7)4-2-1-3-8-4/h1-6,18H,16H2,(H,17,19);1-3H,8-9H2;1-3H,(H,6,7). The number of carboxylic acid groups (broad SMARTS) is 1. The van der Waals surface area contributed by atoms with Gasteiger partial charge in [0.25, 0.3) is 5.91 Å². The molecule has 0 spiro atoms. The Morgan fingerprint density at radius 1 is 0.889 bits per heavy atom. The summed E-state index contributed by atoms with van der Waals surface area (Å²) in [6, 6.07) is 16.0. The van der Waals surface area contributed by atoms with Gasteiger partial charge in [0.15, 0.2) is 0 Å². The third kappa shape index (κ3) is 8.12. The van der Waals surface area contributed by atoms with Crippen LogP contribution in [0, 0.1) is 5.82 Å². The van der Waals surface area contributed by atoms with Crippen molar-refractivity contribution in [3.8, 4) is 5.75 Å². The Hall–Kier alpha value is -4.41. The molecular weight excluding hydrogens is 514 g/mol. The van der Waals surface area contributed by atoms with Crippen LogP contribution < -0.4 is 22.5 Å². The van der Waals surface area contributed by atoms with Crippen molar-refractivity contribution < 1.29 is 28.6 Å². The third-order valence-electron chi connectivity index (χ3n) is 4.24. The smallest absolute Gasteiger partial charge is 0.371 e. The van der Waals surface area contributed by atoms with Crippen LogP contribution in [0.15, 0.2) is 77.4 Å². The lowest BCUT2D eigenvalue weighted by Gasteiger charge is -2.09. The lowest BCUT2D eigenvalue weighted by molar-refractivity contribution is 0.0662. The normalized spacial score (nSPS) is 9.75. The van der Waals surface area contributed by atoms with Crippen molar-refractivity contribution in [1.29, 1.82) is 0 Å². The van der Waals surface area contributed by atoms with Gasteiger partial charge in [0.05, 0.1) is 38.9 Å². The van der Waals surface area contributed by atoms with Crippen LogP contribution in [-0.4, -0.2) is 22.1 Å². The van der Waals surface area contributed by atoms with Crippen molar-refractivity contribution in [2.24, 2.45) is 0 Å². The van der Waals surface area contributed by atoms with Crippen LogP contribution in [0.4, 0.5) is 27.1 Å². The molecule has 0 fully saturated rings.